The predicted octanol–water partition coefficient (Wildman–Crippen LogP) is 13.2. The molecule has 21 nitrogen and oxygen atoms in total. The maximum atomic E-state index is 13.4. The summed E-state index contributed by atoms with van der Waals surface area (Å²) in [5, 5.41) is 9.40. The van der Waals surface area contributed by atoms with Crippen molar-refractivity contribution in [1.29, 1.82) is 0 Å². The summed E-state index contributed by atoms with van der Waals surface area (Å²) < 4.78 is 221. The minimum atomic E-state index is -4.84. The number of aromatic carboxylic acids is 1. The average molecular weight is 1640 g/mol. The van der Waals surface area contributed by atoms with Gasteiger partial charge in [-0.3, -0.25) is 19.7 Å². The second-order valence-electron chi connectivity index (χ2n) is 25.7. The van der Waals surface area contributed by atoms with Crippen molar-refractivity contribution in [2.24, 2.45) is 0 Å². The van der Waals surface area contributed by atoms with Crippen LogP contribution < -0.4 is 33.0 Å². The molecule has 1 saturated heterocycles. The minimum Gasteiger partial charge on any atom is -0.870 e. The number of terminal acetylenes is 1. The van der Waals surface area contributed by atoms with Crippen LogP contribution in [0, 0.1) is 12.8 Å². The van der Waals surface area contributed by atoms with E-state index in [-0.39, 0.29) is 54.3 Å². The Labute approximate surface area is 666 Å². The maximum absolute atomic E-state index is 13.4. The number of hydrogen-bond donors (Lipinski definition) is 4. The molecule has 10 rings (SSSR count). The van der Waals surface area contributed by atoms with E-state index in [1.807, 2.05) is 0 Å². The van der Waals surface area contributed by atoms with Crippen LogP contribution in [0.2, 0.25) is 0 Å². The first kappa shape index (κ1) is 99.4. The number of carboxylic acid groups (broad SMARTS) is 1. The summed E-state index contributed by atoms with van der Waals surface area (Å²) in [4.78, 5) is 46.8. The monoisotopic (exact) mass is 1630 g/mol. The molecule has 0 spiro atoms. The summed E-state index contributed by atoms with van der Waals surface area (Å²) in [5.74, 6) is -2.02. The van der Waals surface area contributed by atoms with Crippen LogP contribution in [0.4, 0.5) is 39.5 Å². The molecule has 1 fully saturated rings. The zero-order valence-corrected chi connectivity index (χ0v) is 65.4. The number of amides is 1. The third kappa shape index (κ3) is 27.6. The molecule has 4 heterocycles. The summed E-state index contributed by atoms with van der Waals surface area (Å²) >= 11 is 0. The van der Waals surface area contributed by atoms with Crippen molar-refractivity contribution >= 4 is 47.9 Å². The first-order valence-electron chi connectivity index (χ1n) is 33.5. The van der Waals surface area contributed by atoms with Crippen molar-refractivity contribution in [3.05, 3.63) is 251 Å². The molecule has 1 amide bonds. The number of benzene rings is 6. The van der Waals surface area contributed by atoms with Crippen LogP contribution in [-0.2, 0) is 74.7 Å². The van der Waals surface area contributed by atoms with Gasteiger partial charge in [-0.1, -0.05) is 119 Å². The molecule has 0 saturated carbocycles. The SMILES string of the molecule is C.C1CCOC1.CC(C)(NS(=O)(=O)c1ccccc1C(F)(F)F)c1cccc(-c2ccncc2C(=O)O)c1.CCC.CN(C)C(=O)c1cnccc1-c1cccc(C(C)(C)NS(=O)(=O)c2ccccc2C(F)(F)F)c1.COC(=O)c1cnccc1-c1cccc(C(C)(C)NS(=O)(=O)c2ccccc2C(F)(F)F)c1.O.[2H]C#C.[Li+].[OH-]. The average Bonchev–Trinajstić information content (AvgIpc) is 0.832. The van der Waals surface area contributed by atoms with E-state index in [4.69, 9.17) is 10.8 Å². The largest absolute Gasteiger partial charge is 1.00 e. The molecule has 606 valence electrons. The fraction of sp³-hybridized carbons (Fsp3) is 0.291. The van der Waals surface area contributed by atoms with Gasteiger partial charge >= 0.3 is 49.3 Å². The van der Waals surface area contributed by atoms with Crippen molar-refractivity contribution in [2.45, 2.75) is 132 Å². The fourth-order valence-corrected chi connectivity index (χ4v) is 15.6. The van der Waals surface area contributed by atoms with Gasteiger partial charge in [-0.05, 0) is 177 Å². The number of carboxylic acids is 1. The van der Waals surface area contributed by atoms with Crippen LogP contribution in [0.15, 0.2) is 216 Å². The Balaban J connectivity index is 0.000000786. The van der Waals surface area contributed by atoms with E-state index < -0.39 is 109 Å². The first-order valence-corrected chi connectivity index (χ1v) is 37.4. The van der Waals surface area contributed by atoms with Gasteiger partial charge in [-0.25, -0.2) is 49.0 Å². The van der Waals surface area contributed by atoms with Crippen molar-refractivity contribution in [1.82, 2.24) is 34.0 Å². The number of carbonyl (C=O) groups excluding carboxylic acids is 2. The number of carbonyl (C=O) groups is 3. The maximum Gasteiger partial charge on any atom is 1.00 e. The van der Waals surface area contributed by atoms with Crippen molar-refractivity contribution in [3.8, 4) is 46.2 Å². The van der Waals surface area contributed by atoms with Gasteiger partial charge in [0.25, 0.3) is 5.91 Å². The van der Waals surface area contributed by atoms with Gasteiger partial charge in [0.15, 0.2) is 0 Å². The Bertz CT molecular complexity index is 5080. The Hall–Kier alpha value is -9.68. The summed E-state index contributed by atoms with van der Waals surface area (Å²) in [6.45, 7) is 15.4. The van der Waals surface area contributed by atoms with E-state index in [2.05, 4.69) is 49.4 Å². The summed E-state index contributed by atoms with van der Waals surface area (Å²) in [6, 6.07) is 36.7. The van der Waals surface area contributed by atoms with E-state index in [1.54, 1.807) is 113 Å². The molecule has 1 aliphatic heterocycles. The number of alkyl halides is 9. The number of pyridine rings is 3. The van der Waals surface area contributed by atoms with Crippen molar-refractivity contribution < 1.29 is 125 Å². The molecular formula is C79H89F9LiN7O14S3. The Kier molecular flexibility index (Phi) is 37.8. The van der Waals surface area contributed by atoms with Gasteiger partial charge in [-0.2, -0.15) is 39.5 Å². The summed E-state index contributed by atoms with van der Waals surface area (Å²) in [5.41, 5.74) is -2.50. The molecule has 9 aromatic rings. The van der Waals surface area contributed by atoms with Gasteiger partial charge in [0.2, 0.25) is 30.1 Å². The quantitative estimate of drug-likeness (QED) is 0.0268. The molecule has 0 aliphatic carbocycles. The number of rotatable bonds is 18. The van der Waals surface area contributed by atoms with E-state index in [9.17, 15) is 84.3 Å². The van der Waals surface area contributed by atoms with Crippen LogP contribution in [-0.4, -0.2) is 113 Å². The zero-order chi connectivity index (χ0) is 82.4. The van der Waals surface area contributed by atoms with Gasteiger partial charge in [0.05, 0.1) is 71.8 Å². The number of esters is 1. The molecule has 0 unspecified atom stereocenters. The molecule has 0 radical (unpaired) electrons. The second-order valence-corrected chi connectivity index (χ2v) is 30.7. The zero-order valence-electron chi connectivity index (χ0n) is 64.0. The Morgan fingerprint density at radius 1 is 0.513 bits per heavy atom. The second kappa shape index (κ2) is 43.0. The van der Waals surface area contributed by atoms with Gasteiger partial charge < -0.3 is 30.4 Å². The normalized spacial score (nSPS) is 12.2. The number of nitrogens with zero attached hydrogens (tertiary/aromatic N) is 4. The fourth-order valence-electron chi connectivity index (χ4n) is 10.7. The van der Waals surface area contributed by atoms with Crippen LogP contribution in [0.5, 0.6) is 0 Å². The smallest absolute Gasteiger partial charge is 0.870 e. The number of hydrogen-bond acceptors (Lipinski definition) is 15. The topological polar surface area (TPSA) is 332 Å². The molecule has 0 atom stereocenters. The third-order valence-corrected chi connectivity index (χ3v) is 21.0. The number of halogens is 9. The Morgan fingerprint density at radius 2 is 0.788 bits per heavy atom. The number of sulfonamides is 3. The summed E-state index contributed by atoms with van der Waals surface area (Å²) in [6.07, 6.45) is 3.54. The molecule has 34 heteroatoms. The molecule has 6 aromatic carbocycles. The van der Waals surface area contributed by atoms with Crippen LogP contribution in [0.1, 0.15) is 148 Å². The van der Waals surface area contributed by atoms with E-state index in [0.29, 0.717) is 61.7 Å². The molecule has 3 aromatic heterocycles. The number of ether oxygens (including phenoxy) is 2. The molecule has 0 bridgehead atoms. The summed E-state index contributed by atoms with van der Waals surface area (Å²) in [7, 11) is -9.14. The number of aromatic nitrogens is 3. The van der Waals surface area contributed by atoms with Crippen molar-refractivity contribution in [2.75, 3.05) is 34.4 Å². The van der Waals surface area contributed by atoms with Gasteiger partial charge in [0.1, 0.15) is 1.37 Å². The third-order valence-electron chi connectivity index (χ3n) is 15.9. The molecular weight excluding hydrogens is 1550 g/mol. The van der Waals surface area contributed by atoms with Crippen LogP contribution in [0.25, 0.3) is 33.4 Å². The van der Waals surface area contributed by atoms with Gasteiger partial charge in [-0.15, -0.1) is 12.8 Å². The molecule has 113 heavy (non-hydrogen) atoms. The minimum absolute atomic E-state index is 0. The van der Waals surface area contributed by atoms with Crippen LogP contribution >= 0.6 is 0 Å². The molecule has 7 N–H and O–H groups in total. The van der Waals surface area contributed by atoms with Crippen LogP contribution in [0.3, 0.4) is 0 Å². The Morgan fingerprint density at radius 3 is 1.05 bits per heavy atom. The van der Waals surface area contributed by atoms with Crippen molar-refractivity contribution in [3.63, 3.8) is 0 Å². The van der Waals surface area contributed by atoms with E-state index in [1.165, 1.54) is 127 Å². The number of methoxy groups -OCH3 is 1. The predicted molar refractivity (Wildman–Crippen MR) is 408 cm³/mol. The standard InChI is InChI=1S/C24H24F3N3O3S.C23H21F3N2O4S.C22H19F3N2O4S.C4H8O.C3H8.C2H2.CH4.Li.2H2O/c1-23(2,29-34(32,33)21-11-6-5-10-20(21)24(25,26)27)17-9-7-8-16(14-17)18-12-13-28-15-19(18)22(31)30(3)4;1-22(2,28-33(30,31)20-10-5-4-9-19(20)23(24,25)26)16-8-6-7-15(13-16)17-11-12-27-14-18(17)21(29)32-3;1-21(2,27-32(30,31)19-9-4-3-8-18(19)22(23,24)25)15-7-5-6-14(12-15)16-10-11-26-13-17(16)20(28)29;1-2-4-5-3-1;1-3-2;1-2;;;;/h5-15,29H,1-4H3;4-14,28H,1-3H3;3-13,27H,1-2H3,(H,28,29);1-4H2;3H2,1-2H3;1-2H;1H4;;2*1H2/q;;;;;;;+1;;/p-1/i;;;;;1D;;;;. The molecule has 1 aliphatic rings. The first-order chi connectivity index (χ1) is 51.3. The van der Waals surface area contributed by atoms with E-state index >= 15 is 0 Å². The van der Waals surface area contributed by atoms with Gasteiger partial charge in [0, 0.05) is 64.5 Å². The van der Waals surface area contributed by atoms with E-state index in [0.717, 1.165) is 61.7 Å². The number of nitrogens with one attached hydrogen (secondary N) is 3.